The summed E-state index contributed by atoms with van der Waals surface area (Å²) in [5.41, 5.74) is 20.5. The number of fused-ring (bicyclic) bond motifs is 9. The van der Waals surface area contributed by atoms with Crippen LogP contribution in [0.25, 0.3) is 133 Å². The van der Waals surface area contributed by atoms with E-state index in [0.717, 1.165) is 49.8 Å². The maximum absolute atomic E-state index is 6.48. The predicted molar refractivity (Wildman–Crippen MR) is 290 cm³/mol. The Morgan fingerprint density at radius 2 is 0.783 bits per heavy atom. The molecule has 0 bridgehead atoms. The highest BCUT2D eigenvalue weighted by Gasteiger charge is 2.20. The van der Waals surface area contributed by atoms with Crippen molar-refractivity contribution in [1.29, 1.82) is 0 Å². The van der Waals surface area contributed by atoms with E-state index in [1.807, 2.05) is 12.1 Å². The monoisotopic (exact) mass is 878 g/mol. The van der Waals surface area contributed by atoms with Gasteiger partial charge in [-0.05, 0) is 111 Å². The lowest BCUT2D eigenvalue weighted by atomic mass is 9.95. The molecule has 14 rings (SSSR count). The van der Waals surface area contributed by atoms with Gasteiger partial charge in [-0.15, -0.1) is 0 Å². The molecule has 0 atom stereocenters. The van der Waals surface area contributed by atoms with Crippen LogP contribution in [-0.2, 0) is 0 Å². The zero-order chi connectivity index (χ0) is 45.4. The molecule has 0 spiro atoms. The molecule has 11 aromatic carbocycles. The Bertz CT molecular complexity index is 4290. The normalized spacial score (nSPS) is 11.8. The molecular weight excluding hydrogens is 837 g/mol. The minimum atomic E-state index is 0.905. The van der Waals surface area contributed by atoms with Crippen molar-refractivity contribution in [1.82, 2.24) is 9.13 Å². The van der Waals surface area contributed by atoms with Gasteiger partial charge in [-0.1, -0.05) is 188 Å². The SMILES string of the molecule is c1ccc(-c2cccc(-c3cccc4c3c3cc(-c5ccc6c(c5)c5ccccc5n6-c5ccccc5-c5ccccc5)ccc3n4-c3ccc(-c4cccc5c4oc4ccccc45)cc3)c2)cc1. The average molecular weight is 879 g/mol. The number of nitrogens with zero attached hydrogens (tertiary/aromatic N) is 2. The number of hydrogen-bond acceptors (Lipinski definition) is 1. The highest BCUT2D eigenvalue weighted by atomic mass is 16.3. The van der Waals surface area contributed by atoms with Crippen molar-refractivity contribution in [2.24, 2.45) is 0 Å². The third kappa shape index (κ3) is 6.29. The van der Waals surface area contributed by atoms with E-state index < -0.39 is 0 Å². The zero-order valence-electron chi connectivity index (χ0n) is 37.6. The van der Waals surface area contributed by atoms with Gasteiger partial charge in [0.15, 0.2) is 0 Å². The second kappa shape index (κ2) is 15.7. The standard InChI is InChI=1S/C66H42N2O/c1-3-16-43(17-4-1)46-20-13-21-49(40-46)52-25-15-30-63-65(52)58-42-48(35-39-62(58)67(63)50-36-32-45(33-37-50)53-26-14-27-56-55-24-9-12-31-64(55)69-66(53)56)47-34-38-61-57(41-47)54-23-8-11-29-60(54)68(61)59-28-10-7-22-51(59)44-18-5-2-6-19-44/h1-42H. The number of benzene rings is 11. The van der Waals surface area contributed by atoms with Gasteiger partial charge in [0.2, 0.25) is 0 Å². The zero-order valence-corrected chi connectivity index (χ0v) is 37.6. The molecule has 3 heteroatoms. The van der Waals surface area contributed by atoms with Crippen LogP contribution >= 0.6 is 0 Å². The summed E-state index contributed by atoms with van der Waals surface area (Å²) in [6, 6.07) is 92.5. The van der Waals surface area contributed by atoms with Crippen molar-refractivity contribution in [2.75, 3.05) is 0 Å². The van der Waals surface area contributed by atoms with E-state index in [-0.39, 0.29) is 0 Å². The lowest BCUT2D eigenvalue weighted by Crippen LogP contribution is -1.97. The molecule has 0 radical (unpaired) electrons. The lowest BCUT2D eigenvalue weighted by molar-refractivity contribution is 0.670. The van der Waals surface area contributed by atoms with E-state index in [2.05, 4.69) is 252 Å². The van der Waals surface area contributed by atoms with Gasteiger partial charge in [0.05, 0.1) is 27.8 Å². The topological polar surface area (TPSA) is 23.0 Å². The van der Waals surface area contributed by atoms with Crippen molar-refractivity contribution < 1.29 is 4.42 Å². The fraction of sp³-hybridized carbons (Fsp3) is 0. The molecule has 0 aliphatic heterocycles. The number of para-hydroxylation sites is 4. The average Bonchev–Trinajstić information content (AvgIpc) is 4.09. The maximum Gasteiger partial charge on any atom is 0.143 e. The van der Waals surface area contributed by atoms with Gasteiger partial charge in [0, 0.05) is 49.1 Å². The van der Waals surface area contributed by atoms with Crippen LogP contribution in [0.15, 0.2) is 259 Å². The van der Waals surface area contributed by atoms with E-state index >= 15 is 0 Å². The van der Waals surface area contributed by atoms with Crippen LogP contribution in [0.1, 0.15) is 0 Å². The first-order valence-electron chi connectivity index (χ1n) is 23.7. The van der Waals surface area contributed by atoms with E-state index in [9.17, 15) is 0 Å². The van der Waals surface area contributed by atoms with Crippen LogP contribution < -0.4 is 0 Å². The summed E-state index contributed by atoms with van der Waals surface area (Å²) in [6.45, 7) is 0. The lowest BCUT2D eigenvalue weighted by Gasteiger charge is -2.14. The minimum Gasteiger partial charge on any atom is -0.455 e. The smallest absolute Gasteiger partial charge is 0.143 e. The minimum absolute atomic E-state index is 0.905. The van der Waals surface area contributed by atoms with Crippen LogP contribution in [0.3, 0.4) is 0 Å². The molecule has 0 fully saturated rings. The summed E-state index contributed by atoms with van der Waals surface area (Å²) in [6.07, 6.45) is 0. The van der Waals surface area contributed by atoms with Crippen molar-refractivity contribution in [2.45, 2.75) is 0 Å². The summed E-state index contributed by atoms with van der Waals surface area (Å²) in [5.74, 6) is 0. The molecule has 3 heterocycles. The van der Waals surface area contributed by atoms with Gasteiger partial charge >= 0.3 is 0 Å². The second-order valence-electron chi connectivity index (χ2n) is 18.0. The van der Waals surface area contributed by atoms with Crippen molar-refractivity contribution in [3.63, 3.8) is 0 Å². The van der Waals surface area contributed by atoms with Crippen LogP contribution in [0.4, 0.5) is 0 Å². The molecule has 69 heavy (non-hydrogen) atoms. The molecule has 322 valence electrons. The van der Waals surface area contributed by atoms with Gasteiger partial charge < -0.3 is 13.6 Å². The van der Waals surface area contributed by atoms with Crippen molar-refractivity contribution >= 4 is 65.6 Å². The quantitative estimate of drug-likeness (QED) is 0.156. The van der Waals surface area contributed by atoms with E-state index in [4.69, 9.17) is 4.42 Å². The molecule has 0 saturated carbocycles. The molecular formula is C66H42N2O. The van der Waals surface area contributed by atoms with Crippen molar-refractivity contribution in [3.8, 4) is 67.0 Å². The number of rotatable bonds is 7. The Balaban J connectivity index is 0.952. The van der Waals surface area contributed by atoms with Crippen LogP contribution in [0.5, 0.6) is 0 Å². The van der Waals surface area contributed by atoms with Crippen molar-refractivity contribution in [3.05, 3.63) is 255 Å². The predicted octanol–water partition coefficient (Wildman–Crippen LogP) is 18.1. The van der Waals surface area contributed by atoms with E-state index in [1.54, 1.807) is 0 Å². The Hall–Kier alpha value is -9.18. The Morgan fingerprint density at radius 3 is 1.61 bits per heavy atom. The highest BCUT2D eigenvalue weighted by Crippen LogP contribution is 2.44. The van der Waals surface area contributed by atoms with Gasteiger partial charge in [0.25, 0.3) is 0 Å². The van der Waals surface area contributed by atoms with Gasteiger partial charge in [-0.2, -0.15) is 0 Å². The van der Waals surface area contributed by atoms with Gasteiger partial charge in [0.1, 0.15) is 11.2 Å². The molecule has 3 nitrogen and oxygen atoms in total. The first kappa shape index (κ1) is 39.0. The Labute approximate surface area is 399 Å². The van der Waals surface area contributed by atoms with Crippen LogP contribution in [0, 0.1) is 0 Å². The molecule has 0 aliphatic carbocycles. The van der Waals surface area contributed by atoms with Crippen LogP contribution in [0.2, 0.25) is 0 Å². The van der Waals surface area contributed by atoms with Gasteiger partial charge in [-0.25, -0.2) is 0 Å². The number of hydrogen-bond donors (Lipinski definition) is 0. The molecule has 3 aromatic heterocycles. The summed E-state index contributed by atoms with van der Waals surface area (Å²) in [5, 5.41) is 7.16. The maximum atomic E-state index is 6.48. The second-order valence-corrected chi connectivity index (χ2v) is 18.0. The van der Waals surface area contributed by atoms with Crippen LogP contribution in [-0.4, -0.2) is 9.13 Å². The molecule has 0 N–H and O–H groups in total. The first-order valence-corrected chi connectivity index (χ1v) is 23.7. The third-order valence-electron chi connectivity index (χ3n) is 14.1. The molecule has 0 amide bonds. The summed E-state index contributed by atoms with van der Waals surface area (Å²) < 4.78 is 11.3. The fourth-order valence-electron chi connectivity index (χ4n) is 11.0. The van der Waals surface area contributed by atoms with E-state index in [1.165, 1.54) is 82.8 Å². The molecule has 14 aromatic rings. The fourth-order valence-corrected chi connectivity index (χ4v) is 11.0. The Kier molecular flexibility index (Phi) is 8.90. The third-order valence-corrected chi connectivity index (χ3v) is 14.1. The molecule has 0 saturated heterocycles. The number of aromatic nitrogens is 2. The summed E-state index contributed by atoms with van der Waals surface area (Å²) in [7, 11) is 0. The van der Waals surface area contributed by atoms with E-state index in [0.29, 0.717) is 0 Å². The van der Waals surface area contributed by atoms with Gasteiger partial charge in [-0.3, -0.25) is 0 Å². The summed E-state index contributed by atoms with van der Waals surface area (Å²) in [4.78, 5) is 0. The number of furan rings is 1. The Morgan fingerprint density at radius 1 is 0.261 bits per heavy atom. The molecule has 0 unspecified atom stereocenters. The molecule has 0 aliphatic rings. The summed E-state index contributed by atoms with van der Waals surface area (Å²) >= 11 is 0. The first-order chi connectivity index (χ1) is 34.2. The highest BCUT2D eigenvalue weighted by molar-refractivity contribution is 6.17. The largest absolute Gasteiger partial charge is 0.455 e.